The number of nitrogens with one attached hydrogen (secondary N) is 1. The SMILES string of the molecule is NC(=O)c1n[nH]nc1-c1cc([N+](=O)[O-])cc(Br)c1O. The van der Waals surface area contributed by atoms with E-state index in [4.69, 9.17) is 5.73 Å². The highest BCUT2D eigenvalue weighted by molar-refractivity contribution is 9.10. The number of aromatic hydroxyl groups is 1. The maximum Gasteiger partial charge on any atom is 0.271 e. The van der Waals surface area contributed by atoms with Crippen LogP contribution in [0, 0.1) is 10.1 Å². The molecule has 0 spiro atoms. The van der Waals surface area contributed by atoms with Gasteiger partial charge in [0, 0.05) is 12.1 Å². The van der Waals surface area contributed by atoms with Gasteiger partial charge >= 0.3 is 0 Å². The summed E-state index contributed by atoms with van der Waals surface area (Å²) in [6, 6.07) is 2.20. The number of primary amides is 1. The molecule has 0 bridgehead atoms. The van der Waals surface area contributed by atoms with Crippen molar-refractivity contribution in [1.29, 1.82) is 0 Å². The van der Waals surface area contributed by atoms with Crippen molar-refractivity contribution in [2.24, 2.45) is 5.73 Å². The number of halogens is 1. The van der Waals surface area contributed by atoms with Gasteiger partial charge in [0.2, 0.25) is 0 Å². The number of nitro groups is 1. The number of carbonyl (C=O) groups excluding carboxylic acids is 1. The van der Waals surface area contributed by atoms with Gasteiger partial charge in [-0.25, -0.2) is 0 Å². The standard InChI is InChI=1S/C9H6BrN5O4/c10-5-2-3(15(18)19)1-4(8(5)16)6-7(9(11)17)13-14-12-6/h1-2,16H,(H2,11,17)(H,12,13,14). The zero-order valence-corrected chi connectivity index (χ0v) is 10.7. The van der Waals surface area contributed by atoms with Crippen LogP contribution in [-0.2, 0) is 0 Å². The third-order valence-corrected chi connectivity index (χ3v) is 2.90. The second-order valence-corrected chi connectivity index (χ2v) is 4.32. The number of phenolic OH excluding ortho intramolecular Hbond substituents is 1. The van der Waals surface area contributed by atoms with Crippen LogP contribution >= 0.6 is 15.9 Å². The van der Waals surface area contributed by atoms with E-state index in [1.54, 1.807) is 0 Å². The van der Waals surface area contributed by atoms with E-state index in [0.717, 1.165) is 12.1 Å². The Morgan fingerprint density at radius 2 is 2.16 bits per heavy atom. The van der Waals surface area contributed by atoms with Crippen molar-refractivity contribution in [1.82, 2.24) is 15.4 Å². The molecule has 0 radical (unpaired) electrons. The Bertz CT molecular complexity index is 683. The second kappa shape index (κ2) is 4.65. The maximum absolute atomic E-state index is 11.1. The van der Waals surface area contributed by atoms with Gasteiger partial charge in [-0.15, -0.1) is 0 Å². The number of phenols is 1. The fourth-order valence-electron chi connectivity index (χ4n) is 1.46. The topological polar surface area (TPSA) is 148 Å². The molecule has 0 aliphatic carbocycles. The predicted molar refractivity (Wildman–Crippen MR) is 66.4 cm³/mol. The first-order chi connectivity index (χ1) is 8.91. The lowest BCUT2D eigenvalue weighted by Gasteiger charge is -2.04. The molecule has 0 fully saturated rings. The van der Waals surface area contributed by atoms with Crippen LogP contribution in [0.5, 0.6) is 5.75 Å². The number of amides is 1. The molecule has 1 aromatic carbocycles. The van der Waals surface area contributed by atoms with Crippen molar-refractivity contribution < 1.29 is 14.8 Å². The van der Waals surface area contributed by atoms with Gasteiger partial charge in [0.15, 0.2) is 5.69 Å². The highest BCUT2D eigenvalue weighted by Gasteiger charge is 2.22. The lowest BCUT2D eigenvalue weighted by atomic mass is 10.1. The lowest BCUT2D eigenvalue weighted by molar-refractivity contribution is -0.384. The summed E-state index contributed by atoms with van der Waals surface area (Å²) < 4.78 is 0.0927. The van der Waals surface area contributed by atoms with E-state index in [-0.39, 0.29) is 32.9 Å². The molecule has 0 unspecified atom stereocenters. The number of nitrogens with zero attached hydrogens (tertiary/aromatic N) is 3. The molecule has 0 saturated carbocycles. The fourth-order valence-corrected chi connectivity index (χ4v) is 1.91. The van der Waals surface area contributed by atoms with Crippen LogP contribution in [0.3, 0.4) is 0 Å². The van der Waals surface area contributed by atoms with Gasteiger partial charge in [-0.1, -0.05) is 0 Å². The lowest BCUT2D eigenvalue weighted by Crippen LogP contribution is -2.12. The average molecular weight is 328 g/mol. The number of benzene rings is 1. The predicted octanol–water partition coefficient (Wildman–Crippen LogP) is 0.947. The molecular weight excluding hydrogens is 322 g/mol. The molecule has 2 aromatic rings. The minimum Gasteiger partial charge on any atom is -0.506 e. The molecule has 1 amide bonds. The van der Waals surface area contributed by atoms with Crippen molar-refractivity contribution in [3.8, 4) is 17.0 Å². The molecule has 0 aliphatic rings. The van der Waals surface area contributed by atoms with Gasteiger partial charge in [-0.2, -0.15) is 15.4 Å². The summed E-state index contributed by atoms with van der Waals surface area (Å²) in [7, 11) is 0. The number of carbonyl (C=O) groups is 1. The molecule has 0 saturated heterocycles. The minimum absolute atomic E-state index is 0.0244. The maximum atomic E-state index is 11.1. The Kier molecular flexibility index (Phi) is 3.17. The second-order valence-electron chi connectivity index (χ2n) is 3.47. The van der Waals surface area contributed by atoms with Crippen LogP contribution in [0.2, 0.25) is 0 Å². The van der Waals surface area contributed by atoms with Gasteiger partial charge in [0.05, 0.1) is 15.0 Å². The largest absolute Gasteiger partial charge is 0.506 e. The molecule has 1 heterocycles. The summed E-state index contributed by atoms with van der Waals surface area (Å²) in [6.07, 6.45) is 0. The highest BCUT2D eigenvalue weighted by Crippen LogP contribution is 2.38. The van der Waals surface area contributed by atoms with E-state index in [9.17, 15) is 20.0 Å². The van der Waals surface area contributed by atoms with E-state index in [2.05, 4.69) is 31.3 Å². The van der Waals surface area contributed by atoms with Gasteiger partial charge in [-0.3, -0.25) is 14.9 Å². The number of aromatic amines is 1. The zero-order valence-electron chi connectivity index (χ0n) is 9.12. The Morgan fingerprint density at radius 1 is 1.47 bits per heavy atom. The number of H-pyrrole nitrogens is 1. The molecule has 98 valence electrons. The van der Waals surface area contributed by atoms with Crippen LogP contribution in [-0.4, -0.2) is 31.3 Å². The third-order valence-electron chi connectivity index (χ3n) is 2.30. The van der Waals surface area contributed by atoms with Crippen LogP contribution in [0.25, 0.3) is 11.3 Å². The Balaban J connectivity index is 2.71. The van der Waals surface area contributed by atoms with E-state index in [0.29, 0.717) is 0 Å². The van der Waals surface area contributed by atoms with E-state index < -0.39 is 10.8 Å². The summed E-state index contributed by atoms with van der Waals surface area (Å²) in [6.45, 7) is 0. The third kappa shape index (κ3) is 2.25. The number of hydrogen-bond donors (Lipinski definition) is 3. The Morgan fingerprint density at radius 3 is 2.74 bits per heavy atom. The summed E-state index contributed by atoms with van der Waals surface area (Å²) in [5.41, 5.74) is 4.51. The molecule has 0 aliphatic heterocycles. The molecule has 9 nitrogen and oxygen atoms in total. The fraction of sp³-hybridized carbons (Fsp3) is 0. The first-order valence-corrected chi connectivity index (χ1v) is 5.59. The van der Waals surface area contributed by atoms with E-state index in [1.807, 2.05) is 0 Å². The first kappa shape index (κ1) is 13.0. The number of hydrogen-bond acceptors (Lipinski definition) is 6. The van der Waals surface area contributed by atoms with Gasteiger partial charge in [-0.05, 0) is 15.9 Å². The molecule has 1 aromatic heterocycles. The first-order valence-electron chi connectivity index (χ1n) is 4.79. The quantitative estimate of drug-likeness (QED) is 0.564. The average Bonchev–Trinajstić information content (AvgIpc) is 2.81. The smallest absolute Gasteiger partial charge is 0.271 e. The van der Waals surface area contributed by atoms with Crippen LogP contribution in [0.4, 0.5) is 5.69 Å². The van der Waals surface area contributed by atoms with Crippen molar-refractivity contribution in [3.63, 3.8) is 0 Å². The van der Waals surface area contributed by atoms with Gasteiger partial charge in [0.25, 0.3) is 11.6 Å². The molecule has 2 rings (SSSR count). The molecule has 19 heavy (non-hydrogen) atoms. The zero-order chi connectivity index (χ0) is 14.2. The summed E-state index contributed by atoms with van der Waals surface area (Å²) >= 11 is 2.98. The van der Waals surface area contributed by atoms with Crippen molar-refractivity contribution in [2.75, 3.05) is 0 Å². The molecule has 0 atom stereocenters. The van der Waals surface area contributed by atoms with Crippen molar-refractivity contribution >= 4 is 27.5 Å². The number of nitrogens with two attached hydrogens (primary N) is 1. The summed E-state index contributed by atoms with van der Waals surface area (Å²) in [4.78, 5) is 21.3. The van der Waals surface area contributed by atoms with Crippen LogP contribution in [0.1, 0.15) is 10.5 Å². The van der Waals surface area contributed by atoms with Gasteiger partial charge < -0.3 is 10.8 Å². The number of aromatic nitrogens is 3. The minimum atomic E-state index is -0.870. The van der Waals surface area contributed by atoms with E-state index >= 15 is 0 Å². The normalized spacial score (nSPS) is 10.4. The van der Waals surface area contributed by atoms with Crippen LogP contribution in [0.15, 0.2) is 16.6 Å². The number of nitro benzene ring substituents is 1. The summed E-state index contributed by atoms with van der Waals surface area (Å²) in [5, 5.41) is 30.0. The monoisotopic (exact) mass is 327 g/mol. The highest BCUT2D eigenvalue weighted by atomic mass is 79.9. The van der Waals surface area contributed by atoms with Gasteiger partial charge in [0.1, 0.15) is 11.4 Å². The molecular formula is C9H6BrN5O4. The van der Waals surface area contributed by atoms with Crippen molar-refractivity contribution in [3.05, 3.63) is 32.4 Å². The van der Waals surface area contributed by atoms with E-state index in [1.165, 1.54) is 0 Å². The Hall–Kier alpha value is -2.49. The summed E-state index contributed by atoms with van der Waals surface area (Å²) in [5.74, 6) is -1.17. The Labute approximate surface area is 113 Å². The number of non-ortho nitro benzene ring substituents is 1. The van der Waals surface area contributed by atoms with Crippen molar-refractivity contribution in [2.45, 2.75) is 0 Å². The molecule has 10 heteroatoms. The number of rotatable bonds is 3. The molecule has 4 N–H and O–H groups in total. The van der Waals surface area contributed by atoms with Crippen LogP contribution < -0.4 is 5.73 Å².